The van der Waals surface area contributed by atoms with Crippen LogP contribution in [0.5, 0.6) is 11.5 Å². The molecule has 6 heteroatoms. The van der Waals surface area contributed by atoms with E-state index in [0.717, 1.165) is 6.42 Å². The van der Waals surface area contributed by atoms with Gasteiger partial charge in [0.1, 0.15) is 0 Å². The number of hydrogen-bond acceptors (Lipinski definition) is 5. The van der Waals surface area contributed by atoms with Crippen LogP contribution in [0.2, 0.25) is 0 Å². The number of fused-ring (bicyclic) bond motifs is 1. The van der Waals surface area contributed by atoms with E-state index in [1.165, 1.54) is 0 Å². The lowest BCUT2D eigenvalue weighted by atomic mass is 10.1. The molecule has 1 aromatic carbocycles. The maximum absolute atomic E-state index is 12.2. The maximum atomic E-state index is 12.2. The molecular weight excluding hydrogens is 280 g/mol. The Labute approximate surface area is 119 Å². The summed E-state index contributed by atoms with van der Waals surface area (Å²) in [7, 11) is -1.20. The van der Waals surface area contributed by atoms with Crippen LogP contribution in [0.15, 0.2) is 18.2 Å². The monoisotopic (exact) mass is 296 g/mol. The van der Waals surface area contributed by atoms with Gasteiger partial charge >= 0.3 is 0 Å². The summed E-state index contributed by atoms with van der Waals surface area (Å²) in [6, 6.07) is 5.04. The molecule has 2 aliphatic rings. The first-order valence-electron chi connectivity index (χ1n) is 6.57. The standard InChI is InChI=1S/C14H16O5S/c1-9-14(4-5-17-9)20(16)7-11(15)10-2-3-12-13(6-10)19-8-18-12/h2-3,6,9,14H,4-5,7-8H2,1H3. The number of benzene rings is 1. The molecule has 1 saturated heterocycles. The van der Waals surface area contributed by atoms with Gasteiger partial charge in [-0.2, -0.15) is 0 Å². The highest BCUT2D eigenvalue weighted by molar-refractivity contribution is 7.86. The van der Waals surface area contributed by atoms with Crippen molar-refractivity contribution in [3.8, 4) is 11.5 Å². The summed E-state index contributed by atoms with van der Waals surface area (Å²) in [5, 5.41) is -0.0482. The Bertz CT molecular complexity index is 556. The number of hydrogen-bond donors (Lipinski definition) is 0. The Morgan fingerprint density at radius 1 is 1.35 bits per heavy atom. The van der Waals surface area contributed by atoms with Crippen molar-refractivity contribution in [2.45, 2.75) is 24.7 Å². The molecule has 20 heavy (non-hydrogen) atoms. The average molecular weight is 296 g/mol. The number of carbonyl (C=O) groups excluding carboxylic acids is 1. The molecule has 0 aliphatic carbocycles. The molecule has 108 valence electrons. The van der Waals surface area contributed by atoms with Crippen molar-refractivity contribution in [3.05, 3.63) is 23.8 Å². The predicted molar refractivity (Wildman–Crippen MR) is 73.7 cm³/mol. The minimum atomic E-state index is -1.20. The Hall–Kier alpha value is -1.40. The van der Waals surface area contributed by atoms with E-state index < -0.39 is 10.8 Å². The van der Waals surface area contributed by atoms with Crippen LogP contribution in [-0.2, 0) is 15.5 Å². The lowest BCUT2D eigenvalue weighted by Crippen LogP contribution is -2.27. The highest BCUT2D eigenvalue weighted by Gasteiger charge is 2.31. The van der Waals surface area contributed by atoms with Gasteiger partial charge in [-0.25, -0.2) is 0 Å². The third-order valence-corrected chi connectivity index (χ3v) is 5.45. The van der Waals surface area contributed by atoms with Gasteiger partial charge in [0.2, 0.25) is 6.79 Å². The summed E-state index contributed by atoms with van der Waals surface area (Å²) in [5.41, 5.74) is 0.508. The van der Waals surface area contributed by atoms with E-state index in [0.29, 0.717) is 23.7 Å². The van der Waals surface area contributed by atoms with Crippen molar-refractivity contribution in [2.24, 2.45) is 0 Å². The van der Waals surface area contributed by atoms with Gasteiger partial charge in [-0.15, -0.1) is 0 Å². The zero-order valence-electron chi connectivity index (χ0n) is 11.2. The van der Waals surface area contributed by atoms with E-state index in [9.17, 15) is 9.00 Å². The first-order valence-corrected chi connectivity index (χ1v) is 7.95. The molecule has 5 nitrogen and oxygen atoms in total. The second-order valence-electron chi connectivity index (χ2n) is 4.92. The first kappa shape index (κ1) is 13.6. The fourth-order valence-electron chi connectivity index (χ4n) is 2.45. The van der Waals surface area contributed by atoms with Crippen LogP contribution in [-0.4, -0.2) is 40.5 Å². The van der Waals surface area contributed by atoms with Crippen LogP contribution in [0.1, 0.15) is 23.7 Å². The third-order valence-electron chi connectivity index (χ3n) is 3.61. The summed E-state index contributed by atoms with van der Waals surface area (Å²) < 4.78 is 28.1. The van der Waals surface area contributed by atoms with Gasteiger partial charge in [-0.3, -0.25) is 9.00 Å². The van der Waals surface area contributed by atoms with Crippen molar-refractivity contribution in [1.82, 2.24) is 0 Å². The quantitative estimate of drug-likeness (QED) is 0.788. The van der Waals surface area contributed by atoms with Crippen molar-refractivity contribution in [3.63, 3.8) is 0 Å². The molecule has 2 aliphatic heterocycles. The molecule has 0 radical (unpaired) electrons. The van der Waals surface area contributed by atoms with Crippen LogP contribution in [0.4, 0.5) is 0 Å². The summed E-state index contributed by atoms with van der Waals surface area (Å²) in [6.45, 7) is 2.70. The molecule has 0 N–H and O–H groups in total. The van der Waals surface area contributed by atoms with Gasteiger partial charge in [0.25, 0.3) is 0 Å². The Kier molecular flexibility index (Phi) is 3.76. The molecule has 3 atom stereocenters. The molecule has 0 spiro atoms. The Balaban J connectivity index is 1.68. The van der Waals surface area contributed by atoms with Crippen molar-refractivity contribution >= 4 is 16.6 Å². The summed E-state index contributed by atoms with van der Waals surface area (Å²) in [4.78, 5) is 12.2. The lowest BCUT2D eigenvalue weighted by Gasteiger charge is -2.13. The van der Waals surface area contributed by atoms with E-state index in [1.54, 1.807) is 18.2 Å². The van der Waals surface area contributed by atoms with Crippen LogP contribution in [0.3, 0.4) is 0 Å². The maximum Gasteiger partial charge on any atom is 0.231 e. The fraction of sp³-hybridized carbons (Fsp3) is 0.500. The second-order valence-corrected chi connectivity index (χ2v) is 6.57. The fourth-order valence-corrected chi connectivity index (χ4v) is 3.95. The molecule has 0 aromatic heterocycles. The minimum absolute atomic E-state index is 0.0258. The zero-order valence-corrected chi connectivity index (χ0v) is 12.0. The van der Waals surface area contributed by atoms with Crippen LogP contribution < -0.4 is 9.47 Å². The van der Waals surface area contributed by atoms with Crippen molar-refractivity contribution < 1.29 is 23.2 Å². The van der Waals surface area contributed by atoms with E-state index in [2.05, 4.69) is 0 Å². The van der Waals surface area contributed by atoms with Gasteiger partial charge in [-0.05, 0) is 31.5 Å². The smallest absolute Gasteiger partial charge is 0.231 e. The first-order chi connectivity index (χ1) is 9.65. The minimum Gasteiger partial charge on any atom is -0.454 e. The summed E-state index contributed by atoms with van der Waals surface area (Å²) >= 11 is 0. The largest absolute Gasteiger partial charge is 0.454 e. The van der Waals surface area contributed by atoms with E-state index in [1.807, 2.05) is 6.92 Å². The summed E-state index contributed by atoms with van der Waals surface area (Å²) in [6.07, 6.45) is 0.711. The highest BCUT2D eigenvalue weighted by atomic mass is 32.2. The second kappa shape index (κ2) is 5.54. The molecule has 0 bridgehead atoms. The molecule has 3 rings (SSSR count). The van der Waals surface area contributed by atoms with Crippen LogP contribution in [0.25, 0.3) is 0 Å². The van der Waals surface area contributed by atoms with Gasteiger partial charge in [0.05, 0.1) is 17.1 Å². The molecular formula is C14H16O5S. The molecule has 3 unspecified atom stereocenters. The zero-order chi connectivity index (χ0) is 14.1. The van der Waals surface area contributed by atoms with Crippen LogP contribution >= 0.6 is 0 Å². The lowest BCUT2D eigenvalue weighted by molar-refractivity contribution is 0.102. The SMILES string of the molecule is CC1OCCC1S(=O)CC(=O)c1ccc2c(c1)OCO2. The number of rotatable bonds is 4. The molecule has 0 saturated carbocycles. The van der Waals surface area contributed by atoms with E-state index in [4.69, 9.17) is 14.2 Å². The van der Waals surface area contributed by atoms with Gasteiger partial charge in [0, 0.05) is 23.0 Å². The number of ether oxygens (including phenoxy) is 3. The number of ketones is 1. The van der Waals surface area contributed by atoms with E-state index >= 15 is 0 Å². The third kappa shape index (κ3) is 2.58. The van der Waals surface area contributed by atoms with Gasteiger partial charge < -0.3 is 14.2 Å². The molecule has 0 amide bonds. The van der Waals surface area contributed by atoms with E-state index in [-0.39, 0.29) is 29.7 Å². The van der Waals surface area contributed by atoms with Gasteiger partial charge in [-0.1, -0.05) is 0 Å². The number of Topliss-reactive ketones (excluding diaryl/α,β-unsaturated/α-hetero) is 1. The normalized spacial score (nSPS) is 25.6. The molecule has 1 aromatic rings. The topological polar surface area (TPSA) is 61.8 Å². The van der Waals surface area contributed by atoms with Crippen molar-refractivity contribution in [2.75, 3.05) is 19.2 Å². The van der Waals surface area contributed by atoms with Gasteiger partial charge in [0.15, 0.2) is 17.3 Å². The van der Waals surface area contributed by atoms with Crippen molar-refractivity contribution in [1.29, 1.82) is 0 Å². The highest BCUT2D eigenvalue weighted by Crippen LogP contribution is 2.32. The number of carbonyl (C=O) groups is 1. The Morgan fingerprint density at radius 2 is 2.15 bits per heavy atom. The average Bonchev–Trinajstić information content (AvgIpc) is 3.05. The molecule has 1 fully saturated rings. The molecule has 2 heterocycles. The van der Waals surface area contributed by atoms with Crippen LogP contribution in [0, 0.1) is 0 Å². The Morgan fingerprint density at radius 3 is 2.90 bits per heavy atom. The summed E-state index contributed by atoms with van der Waals surface area (Å²) in [5.74, 6) is 1.10. The predicted octanol–water partition coefficient (Wildman–Crippen LogP) is 1.52.